The normalized spacial score (nSPS) is 9.00. The highest BCUT2D eigenvalue weighted by molar-refractivity contribution is 5.70. The summed E-state index contributed by atoms with van der Waals surface area (Å²) in [6.45, 7) is 7.86. The van der Waals surface area contributed by atoms with E-state index in [-0.39, 0.29) is 12.6 Å². The van der Waals surface area contributed by atoms with Crippen LogP contribution in [-0.2, 0) is 14.3 Å². The van der Waals surface area contributed by atoms with Gasteiger partial charge in [-0.25, -0.2) is 4.79 Å². The standard InChI is InChI=1S/C9H16O3/c1-5-11-9(10)6-12-8(4)7(2)3/h5-6H2,1-4H3. The van der Waals surface area contributed by atoms with Crippen LogP contribution in [0.2, 0.25) is 0 Å². The molecule has 0 bridgehead atoms. The van der Waals surface area contributed by atoms with Crippen LogP contribution in [0.15, 0.2) is 11.3 Å². The highest BCUT2D eigenvalue weighted by atomic mass is 16.6. The molecule has 0 aliphatic heterocycles. The van der Waals surface area contributed by atoms with Crippen molar-refractivity contribution in [3.05, 3.63) is 11.3 Å². The minimum atomic E-state index is -0.321. The largest absolute Gasteiger partial charge is 0.487 e. The number of ether oxygens (including phenoxy) is 2. The molecule has 12 heavy (non-hydrogen) atoms. The molecule has 0 amide bonds. The Morgan fingerprint density at radius 2 is 1.75 bits per heavy atom. The van der Waals surface area contributed by atoms with Crippen LogP contribution in [-0.4, -0.2) is 19.2 Å². The van der Waals surface area contributed by atoms with Crippen LogP contribution in [0.3, 0.4) is 0 Å². The summed E-state index contributed by atoms with van der Waals surface area (Å²) in [5.41, 5.74) is 1.07. The van der Waals surface area contributed by atoms with Crippen molar-refractivity contribution in [2.45, 2.75) is 27.7 Å². The number of rotatable bonds is 4. The number of hydrogen-bond donors (Lipinski definition) is 0. The van der Waals surface area contributed by atoms with Gasteiger partial charge in [-0.05, 0) is 33.3 Å². The maximum absolute atomic E-state index is 10.8. The van der Waals surface area contributed by atoms with Crippen molar-refractivity contribution in [1.29, 1.82) is 0 Å². The molecule has 0 radical (unpaired) electrons. The second-order valence-corrected chi connectivity index (χ2v) is 2.65. The van der Waals surface area contributed by atoms with Gasteiger partial charge in [-0.1, -0.05) is 0 Å². The number of carbonyl (C=O) groups excluding carboxylic acids is 1. The molecule has 0 aliphatic rings. The zero-order chi connectivity index (χ0) is 9.56. The first-order chi connectivity index (χ1) is 5.57. The molecule has 0 saturated heterocycles. The summed E-state index contributed by atoms with van der Waals surface area (Å²) >= 11 is 0. The number of hydrogen-bond acceptors (Lipinski definition) is 3. The topological polar surface area (TPSA) is 35.5 Å². The molecule has 0 saturated carbocycles. The molecule has 0 heterocycles. The number of carbonyl (C=O) groups is 1. The van der Waals surface area contributed by atoms with E-state index in [0.29, 0.717) is 6.61 Å². The average molecular weight is 172 g/mol. The Hall–Kier alpha value is -0.990. The van der Waals surface area contributed by atoms with Crippen molar-refractivity contribution < 1.29 is 14.3 Å². The molecule has 0 N–H and O–H groups in total. The van der Waals surface area contributed by atoms with E-state index in [0.717, 1.165) is 11.3 Å². The van der Waals surface area contributed by atoms with E-state index in [9.17, 15) is 4.79 Å². The fourth-order valence-corrected chi connectivity index (χ4v) is 0.514. The van der Waals surface area contributed by atoms with E-state index in [1.807, 2.05) is 20.8 Å². The molecular formula is C9H16O3. The third-order valence-electron chi connectivity index (χ3n) is 1.42. The molecule has 3 heteroatoms. The SMILES string of the molecule is CCOC(=O)COC(C)=C(C)C. The van der Waals surface area contributed by atoms with Crippen molar-refractivity contribution in [2.24, 2.45) is 0 Å². The van der Waals surface area contributed by atoms with E-state index >= 15 is 0 Å². The molecule has 70 valence electrons. The smallest absolute Gasteiger partial charge is 0.344 e. The highest BCUT2D eigenvalue weighted by Crippen LogP contribution is 2.02. The van der Waals surface area contributed by atoms with E-state index in [2.05, 4.69) is 4.74 Å². The van der Waals surface area contributed by atoms with E-state index in [4.69, 9.17) is 4.74 Å². The lowest BCUT2D eigenvalue weighted by Gasteiger charge is -2.06. The monoisotopic (exact) mass is 172 g/mol. The van der Waals surface area contributed by atoms with E-state index in [1.165, 1.54) is 0 Å². The average Bonchev–Trinajstić information content (AvgIpc) is 2.00. The first kappa shape index (κ1) is 11.0. The van der Waals surface area contributed by atoms with Gasteiger partial charge in [0.2, 0.25) is 0 Å². The number of allylic oxidation sites excluding steroid dienone is 2. The minimum Gasteiger partial charge on any atom is -0.487 e. The Balaban J connectivity index is 3.69. The molecule has 0 atom stereocenters. The lowest BCUT2D eigenvalue weighted by molar-refractivity contribution is -0.147. The molecule has 3 nitrogen and oxygen atoms in total. The van der Waals surface area contributed by atoms with E-state index in [1.54, 1.807) is 6.92 Å². The van der Waals surface area contributed by atoms with Gasteiger partial charge >= 0.3 is 5.97 Å². The summed E-state index contributed by atoms with van der Waals surface area (Å²) in [5.74, 6) is 0.459. The number of esters is 1. The maximum atomic E-state index is 10.8. The molecule has 0 fully saturated rings. The van der Waals surface area contributed by atoms with Crippen LogP contribution in [0, 0.1) is 0 Å². The Bertz CT molecular complexity index is 178. The zero-order valence-corrected chi connectivity index (χ0v) is 8.14. The Morgan fingerprint density at radius 3 is 2.17 bits per heavy atom. The first-order valence-corrected chi connectivity index (χ1v) is 4.00. The maximum Gasteiger partial charge on any atom is 0.344 e. The van der Waals surface area contributed by atoms with Crippen LogP contribution in [0.1, 0.15) is 27.7 Å². The van der Waals surface area contributed by atoms with Gasteiger partial charge in [-0.2, -0.15) is 0 Å². The summed E-state index contributed by atoms with van der Waals surface area (Å²) in [5, 5.41) is 0. The third-order valence-corrected chi connectivity index (χ3v) is 1.42. The lowest BCUT2D eigenvalue weighted by Crippen LogP contribution is -2.11. The Morgan fingerprint density at radius 1 is 1.17 bits per heavy atom. The fraction of sp³-hybridized carbons (Fsp3) is 0.667. The van der Waals surface area contributed by atoms with Crippen LogP contribution in [0.25, 0.3) is 0 Å². The first-order valence-electron chi connectivity index (χ1n) is 4.00. The summed E-state index contributed by atoms with van der Waals surface area (Å²) in [4.78, 5) is 10.8. The summed E-state index contributed by atoms with van der Waals surface area (Å²) < 4.78 is 9.81. The third kappa shape index (κ3) is 4.77. The molecule has 0 aromatic rings. The lowest BCUT2D eigenvalue weighted by atomic mass is 10.3. The summed E-state index contributed by atoms with van der Waals surface area (Å²) in [6, 6.07) is 0. The van der Waals surface area contributed by atoms with Crippen LogP contribution in [0.4, 0.5) is 0 Å². The van der Waals surface area contributed by atoms with Gasteiger partial charge in [0, 0.05) is 0 Å². The molecule has 0 unspecified atom stereocenters. The van der Waals surface area contributed by atoms with E-state index < -0.39 is 0 Å². The fourth-order valence-electron chi connectivity index (χ4n) is 0.514. The Kier molecular flexibility index (Phi) is 5.17. The summed E-state index contributed by atoms with van der Waals surface area (Å²) in [7, 11) is 0. The van der Waals surface area contributed by atoms with Gasteiger partial charge in [0.05, 0.1) is 12.4 Å². The molecule has 0 spiro atoms. The molecule has 0 aromatic carbocycles. The second kappa shape index (κ2) is 5.63. The zero-order valence-electron chi connectivity index (χ0n) is 8.14. The van der Waals surface area contributed by atoms with Crippen molar-refractivity contribution in [1.82, 2.24) is 0 Å². The van der Waals surface area contributed by atoms with Crippen LogP contribution >= 0.6 is 0 Å². The Labute approximate surface area is 73.4 Å². The molecule has 0 aliphatic carbocycles. The van der Waals surface area contributed by atoms with Gasteiger partial charge in [-0.15, -0.1) is 0 Å². The quantitative estimate of drug-likeness (QED) is 0.479. The second-order valence-electron chi connectivity index (χ2n) is 2.65. The molecule has 0 rings (SSSR count). The van der Waals surface area contributed by atoms with Gasteiger partial charge in [-0.3, -0.25) is 0 Å². The van der Waals surface area contributed by atoms with Gasteiger partial charge in [0.15, 0.2) is 6.61 Å². The van der Waals surface area contributed by atoms with Crippen LogP contribution < -0.4 is 0 Å². The van der Waals surface area contributed by atoms with Crippen LogP contribution in [0.5, 0.6) is 0 Å². The van der Waals surface area contributed by atoms with Gasteiger partial charge < -0.3 is 9.47 Å². The predicted octanol–water partition coefficient (Wildman–Crippen LogP) is 1.88. The minimum absolute atomic E-state index is 0.00481. The van der Waals surface area contributed by atoms with Crippen molar-refractivity contribution in [3.8, 4) is 0 Å². The summed E-state index contributed by atoms with van der Waals surface area (Å²) in [6.07, 6.45) is 0. The van der Waals surface area contributed by atoms with Crippen molar-refractivity contribution in [2.75, 3.05) is 13.2 Å². The van der Waals surface area contributed by atoms with Gasteiger partial charge in [0.1, 0.15) is 0 Å². The molecular weight excluding hydrogens is 156 g/mol. The van der Waals surface area contributed by atoms with Gasteiger partial charge in [0.25, 0.3) is 0 Å². The van der Waals surface area contributed by atoms with Crippen molar-refractivity contribution in [3.63, 3.8) is 0 Å². The molecule has 0 aromatic heterocycles. The van der Waals surface area contributed by atoms with Crippen molar-refractivity contribution >= 4 is 5.97 Å². The predicted molar refractivity (Wildman–Crippen MR) is 46.6 cm³/mol. The highest BCUT2D eigenvalue weighted by Gasteiger charge is 2.02.